The van der Waals surface area contributed by atoms with E-state index in [1.54, 1.807) is 0 Å². The van der Waals surface area contributed by atoms with Gasteiger partial charge in [-0.1, -0.05) is 12.1 Å². The number of carbonyl (C=O) groups is 2. The molecule has 82 valence electrons. The minimum atomic E-state index is -0.168. The molecule has 0 saturated carbocycles. The highest BCUT2D eigenvalue weighted by molar-refractivity contribution is 7.19. The zero-order chi connectivity index (χ0) is 11.8. The van der Waals surface area contributed by atoms with Gasteiger partial charge in [-0.25, -0.2) is 4.98 Å². The molecule has 0 N–H and O–H groups in total. The summed E-state index contributed by atoms with van der Waals surface area (Å²) in [5.74, 6) is -0.331. The van der Waals surface area contributed by atoms with Crippen LogP contribution in [0.15, 0.2) is 42.5 Å². The van der Waals surface area contributed by atoms with E-state index in [1.165, 1.54) is 29.6 Å². The Morgan fingerprint density at radius 1 is 1.06 bits per heavy atom. The fourth-order valence-corrected chi connectivity index (χ4v) is 2.65. The monoisotopic (exact) mass is 241 g/mol. The van der Waals surface area contributed by atoms with E-state index in [9.17, 15) is 9.59 Å². The van der Waals surface area contributed by atoms with Crippen LogP contribution < -0.4 is 0 Å². The lowest BCUT2D eigenvalue weighted by atomic mass is 10.0. The van der Waals surface area contributed by atoms with Crippen molar-refractivity contribution in [2.45, 2.75) is 0 Å². The largest absolute Gasteiger partial charge is 0.290 e. The predicted octanol–water partition coefficient (Wildman–Crippen LogP) is 2.39. The second-order valence-electron chi connectivity index (χ2n) is 3.64. The van der Waals surface area contributed by atoms with Gasteiger partial charge in [-0.3, -0.25) is 9.59 Å². The van der Waals surface area contributed by atoms with Gasteiger partial charge in [0.25, 0.3) is 0 Å². The minimum Gasteiger partial charge on any atom is -0.290 e. The van der Waals surface area contributed by atoms with E-state index < -0.39 is 0 Å². The first-order valence-electron chi connectivity index (χ1n) is 5.08. The fraction of sp³-hybridized carbons (Fsp3) is 0. The molecule has 0 bridgehead atoms. The molecule has 1 aliphatic carbocycles. The van der Waals surface area contributed by atoms with Crippen molar-refractivity contribution in [3.63, 3.8) is 0 Å². The summed E-state index contributed by atoms with van der Waals surface area (Å²) in [5, 5.41) is 0.605. The number of rotatable bonds is 1. The Morgan fingerprint density at radius 3 is 2.71 bits per heavy atom. The van der Waals surface area contributed by atoms with E-state index in [1.807, 2.05) is 24.3 Å². The quantitative estimate of drug-likeness (QED) is 0.720. The Labute approximate surface area is 101 Å². The molecule has 17 heavy (non-hydrogen) atoms. The van der Waals surface area contributed by atoms with Gasteiger partial charge in [0.1, 0.15) is 5.01 Å². The SMILES string of the molecule is O=C1C=CC(=O)C(c2nc3ccccc3s2)=C1. The topological polar surface area (TPSA) is 47.0 Å². The molecule has 0 spiro atoms. The van der Waals surface area contributed by atoms with Crippen LogP contribution in [0.5, 0.6) is 0 Å². The second kappa shape index (κ2) is 3.75. The number of allylic oxidation sites excluding steroid dienone is 4. The number of thiazole rings is 1. The molecule has 0 radical (unpaired) electrons. The Kier molecular flexibility index (Phi) is 2.23. The molecule has 0 amide bonds. The molecule has 1 heterocycles. The maximum Gasteiger partial charge on any atom is 0.189 e. The van der Waals surface area contributed by atoms with Crippen molar-refractivity contribution in [3.05, 3.63) is 47.5 Å². The Hall–Kier alpha value is -2.07. The number of hydrogen-bond donors (Lipinski definition) is 0. The van der Waals surface area contributed by atoms with Crippen LogP contribution in [-0.4, -0.2) is 16.6 Å². The number of fused-ring (bicyclic) bond motifs is 1. The molecule has 0 aliphatic heterocycles. The van der Waals surface area contributed by atoms with E-state index >= 15 is 0 Å². The van der Waals surface area contributed by atoms with Crippen LogP contribution in [0.2, 0.25) is 0 Å². The molecule has 0 saturated heterocycles. The summed E-state index contributed by atoms with van der Waals surface area (Å²) in [7, 11) is 0. The molecule has 1 aromatic carbocycles. The standard InChI is InChI=1S/C13H7NO2S/c15-8-5-6-11(16)9(7-8)13-14-10-3-1-2-4-12(10)17-13/h1-7H. The molecule has 0 atom stereocenters. The van der Waals surface area contributed by atoms with Gasteiger partial charge in [0.2, 0.25) is 0 Å². The van der Waals surface area contributed by atoms with Gasteiger partial charge in [-0.2, -0.15) is 0 Å². The van der Waals surface area contributed by atoms with Crippen LogP contribution >= 0.6 is 11.3 Å². The molecule has 1 aromatic heterocycles. The van der Waals surface area contributed by atoms with Crippen molar-refractivity contribution in [2.75, 3.05) is 0 Å². The number of aromatic nitrogens is 1. The van der Waals surface area contributed by atoms with Crippen molar-refractivity contribution < 1.29 is 9.59 Å². The van der Waals surface area contributed by atoms with E-state index in [2.05, 4.69) is 4.98 Å². The lowest BCUT2D eigenvalue weighted by molar-refractivity contribution is -0.113. The van der Waals surface area contributed by atoms with Gasteiger partial charge in [0, 0.05) is 0 Å². The van der Waals surface area contributed by atoms with Crippen molar-refractivity contribution in [3.8, 4) is 0 Å². The molecule has 4 heteroatoms. The molecular formula is C13H7NO2S. The highest BCUT2D eigenvalue weighted by Gasteiger charge is 2.18. The molecule has 0 fully saturated rings. The third-order valence-corrected chi connectivity index (χ3v) is 3.55. The number of hydrogen-bond acceptors (Lipinski definition) is 4. The maximum absolute atomic E-state index is 11.7. The first kappa shape index (κ1) is 10.1. The summed E-state index contributed by atoms with van der Waals surface area (Å²) in [5.41, 5.74) is 1.24. The normalized spacial score (nSPS) is 15.4. The lowest BCUT2D eigenvalue weighted by Gasteiger charge is -2.01. The molecule has 3 nitrogen and oxygen atoms in total. The summed E-state index contributed by atoms with van der Waals surface area (Å²) in [6, 6.07) is 7.66. The second-order valence-corrected chi connectivity index (χ2v) is 4.68. The number of benzene rings is 1. The van der Waals surface area contributed by atoms with Crippen molar-refractivity contribution >= 4 is 38.7 Å². The van der Waals surface area contributed by atoms with Crippen LogP contribution in [-0.2, 0) is 9.59 Å². The highest BCUT2D eigenvalue weighted by atomic mass is 32.1. The van der Waals surface area contributed by atoms with E-state index in [0.29, 0.717) is 10.6 Å². The van der Waals surface area contributed by atoms with Crippen LogP contribution in [0.25, 0.3) is 15.8 Å². The van der Waals surface area contributed by atoms with Crippen LogP contribution in [0, 0.1) is 0 Å². The van der Waals surface area contributed by atoms with Gasteiger partial charge in [-0.15, -0.1) is 11.3 Å². The average molecular weight is 241 g/mol. The van der Waals surface area contributed by atoms with Crippen LogP contribution in [0.4, 0.5) is 0 Å². The first-order chi connectivity index (χ1) is 8.24. The number of carbonyl (C=O) groups excluding carboxylic acids is 2. The van der Waals surface area contributed by atoms with Crippen molar-refractivity contribution in [1.82, 2.24) is 4.98 Å². The van der Waals surface area contributed by atoms with Crippen molar-refractivity contribution in [1.29, 1.82) is 0 Å². The fourth-order valence-electron chi connectivity index (χ4n) is 1.66. The maximum atomic E-state index is 11.7. The van der Waals surface area contributed by atoms with E-state index in [4.69, 9.17) is 0 Å². The van der Waals surface area contributed by atoms with Gasteiger partial charge in [0.05, 0.1) is 15.8 Å². The summed E-state index contributed by atoms with van der Waals surface area (Å²) in [4.78, 5) is 27.3. The van der Waals surface area contributed by atoms with E-state index in [0.717, 1.165) is 10.2 Å². The molecular weight excluding hydrogens is 234 g/mol. The number of ketones is 2. The van der Waals surface area contributed by atoms with Crippen LogP contribution in [0.1, 0.15) is 5.01 Å². The average Bonchev–Trinajstić information content (AvgIpc) is 2.75. The highest BCUT2D eigenvalue weighted by Crippen LogP contribution is 2.28. The number of para-hydroxylation sites is 1. The zero-order valence-electron chi connectivity index (χ0n) is 8.71. The third kappa shape index (κ3) is 1.72. The molecule has 2 aromatic rings. The molecule has 1 aliphatic rings. The molecule has 0 unspecified atom stereocenters. The summed E-state index contributed by atoms with van der Waals surface area (Å²) in [6.07, 6.45) is 3.92. The Morgan fingerprint density at radius 2 is 1.88 bits per heavy atom. The molecule has 3 rings (SSSR count). The Balaban J connectivity index is 2.15. The third-order valence-electron chi connectivity index (χ3n) is 2.48. The van der Waals surface area contributed by atoms with Gasteiger partial charge >= 0.3 is 0 Å². The summed E-state index contributed by atoms with van der Waals surface area (Å²) >= 11 is 1.42. The minimum absolute atomic E-state index is 0.163. The first-order valence-corrected chi connectivity index (χ1v) is 5.90. The van der Waals surface area contributed by atoms with E-state index in [-0.39, 0.29) is 11.6 Å². The lowest BCUT2D eigenvalue weighted by Crippen LogP contribution is -2.06. The van der Waals surface area contributed by atoms with Crippen molar-refractivity contribution in [2.24, 2.45) is 0 Å². The summed E-state index contributed by atoms with van der Waals surface area (Å²) in [6.45, 7) is 0. The predicted molar refractivity (Wildman–Crippen MR) is 66.8 cm³/mol. The number of nitrogens with zero attached hydrogens (tertiary/aromatic N) is 1. The summed E-state index contributed by atoms with van der Waals surface area (Å²) < 4.78 is 1.01. The zero-order valence-corrected chi connectivity index (χ0v) is 9.53. The Bertz CT molecular complexity index is 661. The van der Waals surface area contributed by atoms with Gasteiger partial charge in [-0.05, 0) is 30.4 Å². The van der Waals surface area contributed by atoms with Gasteiger partial charge < -0.3 is 0 Å². The van der Waals surface area contributed by atoms with Crippen LogP contribution in [0.3, 0.4) is 0 Å². The smallest absolute Gasteiger partial charge is 0.189 e. The van der Waals surface area contributed by atoms with Gasteiger partial charge in [0.15, 0.2) is 11.6 Å².